The molecule has 3 rings (SSSR count). The summed E-state index contributed by atoms with van der Waals surface area (Å²) in [5.41, 5.74) is 1.06. The summed E-state index contributed by atoms with van der Waals surface area (Å²) in [5, 5.41) is 0. The molecule has 1 aliphatic heterocycles. The quantitative estimate of drug-likeness (QED) is 0.916. The predicted molar refractivity (Wildman–Crippen MR) is 85.8 cm³/mol. The van der Waals surface area contributed by atoms with Crippen LogP contribution in [-0.4, -0.2) is 38.7 Å². The van der Waals surface area contributed by atoms with Gasteiger partial charge in [-0.25, -0.2) is 13.1 Å². The molecule has 0 bridgehead atoms. The molecule has 1 aromatic heterocycles. The number of benzene rings is 1. The second kappa shape index (κ2) is 6.24. The molecule has 0 amide bonds. The topological polar surface area (TPSA) is 62.6 Å². The highest BCUT2D eigenvalue weighted by molar-refractivity contribution is 7.88. The molecule has 2 aromatic rings. The van der Waals surface area contributed by atoms with E-state index in [1.165, 1.54) is 6.26 Å². The molecule has 1 saturated heterocycles. The van der Waals surface area contributed by atoms with Gasteiger partial charge in [-0.1, -0.05) is 30.3 Å². The van der Waals surface area contributed by atoms with Crippen molar-refractivity contribution in [1.29, 1.82) is 0 Å². The minimum absolute atomic E-state index is 0.00134. The number of likely N-dealkylation sites (tertiary alicyclic amines) is 1. The van der Waals surface area contributed by atoms with Crippen molar-refractivity contribution in [2.45, 2.75) is 19.0 Å². The number of rotatable bonds is 5. The first-order valence-corrected chi connectivity index (χ1v) is 9.22. The summed E-state index contributed by atoms with van der Waals surface area (Å²) in [4.78, 5) is 2.20. The predicted octanol–water partition coefficient (Wildman–Crippen LogP) is 2.07. The average Bonchev–Trinajstić information content (AvgIpc) is 3.08. The van der Waals surface area contributed by atoms with Crippen molar-refractivity contribution in [2.75, 3.05) is 19.3 Å². The summed E-state index contributed by atoms with van der Waals surface area (Å²) in [6, 6.07) is 14.0. The monoisotopic (exact) mass is 320 g/mol. The molecule has 0 spiro atoms. The van der Waals surface area contributed by atoms with Crippen LogP contribution in [0.1, 0.15) is 12.2 Å². The minimum Gasteiger partial charge on any atom is -0.460 e. The fourth-order valence-corrected chi connectivity index (χ4v) is 3.61. The van der Waals surface area contributed by atoms with Crippen LogP contribution in [0.5, 0.6) is 0 Å². The maximum atomic E-state index is 11.3. The van der Waals surface area contributed by atoms with Gasteiger partial charge in [0.15, 0.2) is 0 Å². The van der Waals surface area contributed by atoms with Crippen LogP contribution in [0.15, 0.2) is 46.9 Å². The highest BCUT2D eigenvalue weighted by atomic mass is 32.2. The lowest BCUT2D eigenvalue weighted by atomic mass is 10.2. The van der Waals surface area contributed by atoms with E-state index < -0.39 is 10.0 Å². The van der Waals surface area contributed by atoms with E-state index in [4.69, 9.17) is 4.42 Å². The van der Waals surface area contributed by atoms with E-state index in [-0.39, 0.29) is 6.04 Å². The molecule has 22 heavy (non-hydrogen) atoms. The van der Waals surface area contributed by atoms with E-state index in [1.807, 2.05) is 42.5 Å². The molecular weight excluding hydrogens is 300 g/mol. The molecule has 1 aromatic carbocycles. The van der Waals surface area contributed by atoms with Gasteiger partial charge >= 0.3 is 0 Å². The summed E-state index contributed by atoms with van der Waals surface area (Å²) >= 11 is 0. The maximum Gasteiger partial charge on any atom is 0.208 e. The Labute approximate surface area is 131 Å². The molecule has 1 N–H and O–H groups in total. The van der Waals surface area contributed by atoms with Crippen molar-refractivity contribution in [3.63, 3.8) is 0 Å². The first-order valence-electron chi connectivity index (χ1n) is 7.33. The Morgan fingerprint density at radius 2 is 2.00 bits per heavy atom. The highest BCUT2D eigenvalue weighted by Gasteiger charge is 2.25. The molecule has 1 aliphatic rings. The lowest BCUT2D eigenvalue weighted by Crippen LogP contribution is -2.36. The number of sulfonamides is 1. The minimum atomic E-state index is -3.14. The van der Waals surface area contributed by atoms with Crippen molar-refractivity contribution in [2.24, 2.45) is 0 Å². The Bertz CT molecular complexity index is 725. The fraction of sp³-hybridized carbons (Fsp3) is 0.375. The van der Waals surface area contributed by atoms with Crippen LogP contribution in [0.2, 0.25) is 0 Å². The zero-order valence-corrected chi connectivity index (χ0v) is 13.3. The SMILES string of the molecule is CS(=O)(=O)NC1CCN(Cc2ccc(-c3ccccc3)o2)C1. The Balaban J connectivity index is 1.60. The van der Waals surface area contributed by atoms with Crippen LogP contribution in [0.25, 0.3) is 11.3 Å². The maximum absolute atomic E-state index is 11.3. The summed E-state index contributed by atoms with van der Waals surface area (Å²) in [5.74, 6) is 1.76. The lowest BCUT2D eigenvalue weighted by molar-refractivity contribution is 0.294. The molecule has 0 saturated carbocycles. The number of nitrogens with zero attached hydrogens (tertiary/aromatic N) is 1. The van der Waals surface area contributed by atoms with E-state index in [0.717, 1.165) is 30.0 Å². The van der Waals surface area contributed by atoms with Crippen molar-refractivity contribution in [3.8, 4) is 11.3 Å². The average molecular weight is 320 g/mol. The van der Waals surface area contributed by atoms with Crippen LogP contribution >= 0.6 is 0 Å². The first kappa shape index (κ1) is 15.3. The van der Waals surface area contributed by atoms with E-state index in [1.54, 1.807) is 0 Å². The molecule has 1 atom stereocenters. The Morgan fingerprint density at radius 3 is 2.73 bits per heavy atom. The van der Waals surface area contributed by atoms with E-state index in [2.05, 4.69) is 9.62 Å². The van der Waals surface area contributed by atoms with Crippen LogP contribution < -0.4 is 4.72 Å². The fourth-order valence-electron chi connectivity index (χ4n) is 2.82. The standard InChI is InChI=1S/C16H20N2O3S/c1-22(19,20)17-14-9-10-18(11-14)12-15-7-8-16(21-15)13-5-3-2-4-6-13/h2-8,14,17H,9-12H2,1H3. The third-order valence-corrected chi connectivity index (χ3v) is 4.51. The second-order valence-corrected chi connectivity index (χ2v) is 7.52. The second-order valence-electron chi connectivity index (χ2n) is 5.74. The van der Waals surface area contributed by atoms with Gasteiger partial charge < -0.3 is 4.42 Å². The third-order valence-electron chi connectivity index (χ3n) is 3.75. The molecule has 1 fully saturated rings. The van der Waals surface area contributed by atoms with E-state index >= 15 is 0 Å². The van der Waals surface area contributed by atoms with Crippen molar-refractivity contribution in [1.82, 2.24) is 9.62 Å². The molecule has 1 unspecified atom stereocenters. The normalized spacial score (nSPS) is 19.6. The van der Waals surface area contributed by atoms with Gasteiger partial charge in [-0.15, -0.1) is 0 Å². The van der Waals surface area contributed by atoms with Gasteiger partial charge in [0.1, 0.15) is 11.5 Å². The summed E-state index contributed by atoms with van der Waals surface area (Å²) in [7, 11) is -3.14. The highest BCUT2D eigenvalue weighted by Crippen LogP contribution is 2.23. The summed E-state index contributed by atoms with van der Waals surface area (Å²) < 4.78 is 31.1. The lowest BCUT2D eigenvalue weighted by Gasteiger charge is -2.14. The Morgan fingerprint density at radius 1 is 1.23 bits per heavy atom. The molecule has 0 aliphatic carbocycles. The number of hydrogen-bond acceptors (Lipinski definition) is 4. The number of hydrogen-bond donors (Lipinski definition) is 1. The molecule has 5 nitrogen and oxygen atoms in total. The molecule has 6 heteroatoms. The van der Waals surface area contributed by atoms with Gasteiger partial charge in [-0.2, -0.15) is 0 Å². The smallest absolute Gasteiger partial charge is 0.208 e. The van der Waals surface area contributed by atoms with Crippen LogP contribution in [0, 0.1) is 0 Å². The van der Waals surface area contributed by atoms with Gasteiger partial charge in [0, 0.05) is 24.7 Å². The van der Waals surface area contributed by atoms with Gasteiger partial charge in [0.25, 0.3) is 0 Å². The van der Waals surface area contributed by atoms with E-state index in [9.17, 15) is 8.42 Å². The van der Waals surface area contributed by atoms with Crippen LogP contribution in [0.3, 0.4) is 0 Å². The van der Waals surface area contributed by atoms with Gasteiger partial charge in [0.2, 0.25) is 10.0 Å². The van der Waals surface area contributed by atoms with Gasteiger partial charge in [0.05, 0.1) is 12.8 Å². The summed E-state index contributed by atoms with van der Waals surface area (Å²) in [6.07, 6.45) is 2.04. The van der Waals surface area contributed by atoms with Gasteiger partial charge in [-0.3, -0.25) is 4.90 Å². The molecule has 118 valence electrons. The first-order chi connectivity index (χ1) is 10.5. The molecular formula is C16H20N2O3S. The number of furan rings is 1. The zero-order chi connectivity index (χ0) is 15.6. The largest absolute Gasteiger partial charge is 0.460 e. The Hall–Kier alpha value is -1.63. The van der Waals surface area contributed by atoms with E-state index in [0.29, 0.717) is 13.1 Å². The summed E-state index contributed by atoms with van der Waals surface area (Å²) in [6.45, 7) is 2.29. The third kappa shape index (κ3) is 3.97. The molecule has 2 heterocycles. The number of nitrogens with one attached hydrogen (secondary N) is 1. The molecule has 0 radical (unpaired) electrons. The van der Waals surface area contributed by atoms with Crippen molar-refractivity contribution in [3.05, 3.63) is 48.2 Å². The van der Waals surface area contributed by atoms with Gasteiger partial charge in [-0.05, 0) is 18.6 Å². The van der Waals surface area contributed by atoms with Crippen molar-refractivity contribution < 1.29 is 12.8 Å². The van der Waals surface area contributed by atoms with Crippen LogP contribution in [0.4, 0.5) is 0 Å². The Kier molecular flexibility index (Phi) is 4.33. The van der Waals surface area contributed by atoms with Crippen LogP contribution in [-0.2, 0) is 16.6 Å². The van der Waals surface area contributed by atoms with Crippen molar-refractivity contribution >= 4 is 10.0 Å². The zero-order valence-electron chi connectivity index (χ0n) is 12.5.